The van der Waals surface area contributed by atoms with Crippen LogP contribution in [0.1, 0.15) is 0 Å². The van der Waals surface area contributed by atoms with E-state index in [0.29, 0.717) is 5.82 Å². The molecular weight excluding hydrogens is 699 g/mol. The quantitative estimate of drug-likeness (QED) is 0.163. The molecule has 0 atom stereocenters. The molecule has 11 aromatic rings. The van der Waals surface area contributed by atoms with Crippen LogP contribution in [0.25, 0.3) is 88.9 Å². The normalized spacial score (nSPS) is 11.5. The SMILES string of the molecule is c1ccc(-c2ccc(N(c3ccc4oc5ccccc5c4c3)c3ccc4oc5cccc(-c6cc(-c7ccccc7)nc(-c7ccccc7)n6)c5c4c3)cc2)cc1. The van der Waals surface area contributed by atoms with Crippen LogP contribution in [0, 0.1) is 0 Å². The molecule has 268 valence electrons. The van der Waals surface area contributed by atoms with Crippen molar-refractivity contribution in [2.75, 3.05) is 4.90 Å². The van der Waals surface area contributed by atoms with Gasteiger partial charge < -0.3 is 13.7 Å². The van der Waals surface area contributed by atoms with Crippen LogP contribution in [0.15, 0.2) is 209 Å². The maximum absolute atomic E-state index is 6.58. The zero-order valence-electron chi connectivity index (χ0n) is 30.7. The highest BCUT2D eigenvalue weighted by molar-refractivity contribution is 6.13. The minimum Gasteiger partial charge on any atom is -0.456 e. The van der Waals surface area contributed by atoms with Crippen LogP contribution >= 0.6 is 0 Å². The lowest BCUT2D eigenvalue weighted by molar-refractivity contribution is 0.668. The number of hydrogen-bond donors (Lipinski definition) is 0. The summed E-state index contributed by atoms with van der Waals surface area (Å²) in [7, 11) is 0. The van der Waals surface area contributed by atoms with Gasteiger partial charge in [0.2, 0.25) is 0 Å². The van der Waals surface area contributed by atoms with E-state index in [9.17, 15) is 0 Å². The molecule has 0 N–H and O–H groups in total. The molecular formula is C52H33N3O2. The van der Waals surface area contributed by atoms with E-state index in [0.717, 1.165) is 94.6 Å². The summed E-state index contributed by atoms with van der Waals surface area (Å²) in [6.07, 6.45) is 0. The van der Waals surface area contributed by atoms with Crippen LogP contribution in [0.3, 0.4) is 0 Å². The number of aromatic nitrogens is 2. The van der Waals surface area contributed by atoms with Crippen LogP contribution in [0.4, 0.5) is 17.1 Å². The first-order valence-electron chi connectivity index (χ1n) is 19.1. The third-order valence-electron chi connectivity index (χ3n) is 10.7. The third kappa shape index (κ3) is 5.81. The summed E-state index contributed by atoms with van der Waals surface area (Å²) in [6, 6.07) is 69.1. The van der Waals surface area contributed by atoms with Crippen LogP contribution in [-0.2, 0) is 0 Å². The van der Waals surface area contributed by atoms with Gasteiger partial charge in [0.05, 0.1) is 11.4 Å². The Morgan fingerprint density at radius 3 is 1.60 bits per heavy atom. The van der Waals surface area contributed by atoms with Crippen molar-refractivity contribution in [1.29, 1.82) is 0 Å². The van der Waals surface area contributed by atoms with Gasteiger partial charge in [0.15, 0.2) is 5.82 Å². The van der Waals surface area contributed by atoms with Gasteiger partial charge in [-0.25, -0.2) is 9.97 Å². The van der Waals surface area contributed by atoms with Crippen LogP contribution in [0.5, 0.6) is 0 Å². The van der Waals surface area contributed by atoms with Gasteiger partial charge in [-0.05, 0) is 77.9 Å². The van der Waals surface area contributed by atoms with Crippen LogP contribution in [0.2, 0.25) is 0 Å². The molecule has 0 bridgehead atoms. The highest BCUT2D eigenvalue weighted by Gasteiger charge is 2.20. The van der Waals surface area contributed by atoms with E-state index in [1.807, 2.05) is 66.7 Å². The molecule has 0 unspecified atom stereocenters. The molecule has 3 aromatic heterocycles. The fraction of sp³-hybridized carbons (Fsp3) is 0. The number of benzene rings is 8. The number of para-hydroxylation sites is 1. The number of rotatable bonds is 7. The maximum atomic E-state index is 6.58. The van der Waals surface area contributed by atoms with Gasteiger partial charge in [-0.3, -0.25) is 0 Å². The fourth-order valence-corrected chi connectivity index (χ4v) is 7.96. The van der Waals surface area contributed by atoms with Crippen molar-refractivity contribution in [3.8, 4) is 45.0 Å². The topological polar surface area (TPSA) is 55.3 Å². The molecule has 0 fully saturated rings. The van der Waals surface area contributed by atoms with Gasteiger partial charge in [-0.2, -0.15) is 0 Å². The van der Waals surface area contributed by atoms with Gasteiger partial charge in [0.1, 0.15) is 22.3 Å². The Labute approximate surface area is 328 Å². The highest BCUT2D eigenvalue weighted by atomic mass is 16.3. The molecule has 5 heteroatoms. The lowest BCUT2D eigenvalue weighted by Gasteiger charge is -2.26. The summed E-state index contributed by atoms with van der Waals surface area (Å²) >= 11 is 0. The lowest BCUT2D eigenvalue weighted by Crippen LogP contribution is -2.09. The third-order valence-corrected chi connectivity index (χ3v) is 10.7. The van der Waals surface area contributed by atoms with Crippen molar-refractivity contribution in [2.24, 2.45) is 0 Å². The van der Waals surface area contributed by atoms with Gasteiger partial charge in [0, 0.05) is 55.3 Å². The van der Waals surface area contributed by atoms with Gasteiger partial charge >= 0.3 is 0 Å². The highest BCUT2D eigenvalue weighted by Crippen LogP contribution is 2.43. The van der Waals surface area contributed by atoms with Crippen molar-refractivity contribution in [2.45, 2.75) is 0 Å². The number of nitrogens with zero attached hydrogens (tertiary/aromatic N) is 3. The molecule has 3 heterocycles. The summed E-state index contributed by atoms with van der Waals surface area (Å²) in [4.78, 5) is 12.6. The molecule has 0 saturated heterocycles. The molecule has 0 aliphatic carbocycles. The van der Waals surface area contributed by atoms with E-state index < -0.39 is 0 Å². The Bertz CT molecular complexity index is 3170. The number of fused-ring (bicyclic) bond motifs is 6. The molecule has 0 saturated carbocycles. The van der Waals surface area contributed by atoms with Crippen molar-refractivity contribution in [1.82, 2.24) is 9.97 Å². The molecule has 11 rings (SSSR count). The molecule has 8 aromatic carbocycles. The predicted molar refractivity (Wildman–Crippen MR) is 233 cm³/mol. The smallest absolute Gasteiger partial charge is 0.160 e. The average Bonchev–Trinajstić information content (AvgIpc) is 3.85. The summed E-state index contributed by atoms with van der Waals surface area (Å²) in [5, 5.41) is 4.16. The minimum absolute atomic E-state index is 0.671. The van der Waals surface area contributed by atoms with E-state index in [2.05, 4.69) is 138 Å². The Morgan fingerprint density at radius 1 is 0.333 bits per heavy atom. The zero-order chi connectivity index (χ0) is 37.7. The molecule has 0 aliphatic heterocycles. The first-order valence-corrected chi connectivity index (χ1v) is 19.1. The fourth-order valence-electron chi connectivity index (χ4n) is 7.96. The van der Waals surface area contributed by atoms with Gasteiger partial charge in [-0.15, -0.1) is 0 Å². The standard InChI is InChI=1S/C52H33N3O2/c1-4-13-34(14-5-1)35-23-25-38(26-24-35)55(39-27-29-48-43(31-39)41-19-10-11-21-47(41)56-48)40-28-30-49-44(32-40)51-42(20-12-22-50(51)57-49)46-33-45(36-15-6-2-7-16-36)53-52(54-46)37-17-8-3-9-18-37/h1-33H. The minimum atomic E-state index is 0.671. The summed E-state index contributed by atoms with van der Waals surface area (Å²) in [5.74, 6) is 0.671. The van der Waals surface area contributed by atoms with E-state index >= 15 is 0 Å². The monoisotopic (exact) mass is 731 g/mol. The van der Waals surface area contributed by atoms with Crippen molar-refractivity contribution in [3.05, 3.63) is 200 Å². The number of anilines is 3. The second-order valence-electron chi connectivity index (χ2n) is 14.2. The first-order chi connectivity index (χ1) is 28.2. The van der Waals surface area contributed by atoms with E-state index in [4.69, 9.17) is 18.8 Å². The molecule has 0 amide bonds. The maximum Gasteiger partial charge on any atom is 0.160 e. The molecule has 0 spiro atoms. The summed E-state index contributed by atoms with van der Waals surface area (Å²) in [6.45, 7) is 0. The Balaban J connectivity index is 1.11. The van der Waals surface area contributed by atoms with E-state index in [1.54, 1.807) is 0 Å². The van der Waals surface area contributed by atoms with Crippen LogP contribution < -0.4 is 4.90 Å². The molecule has 0 aliphatic rings. The summed E-state index contributed by atoms with van der Waals surface area (Å²) < 4.78 is 12.8. The second kappa shape index (κ2) is 13.5. The lowest BCUT2D eigenvalue weighted by atomic mass is 10.0. The summed E-state index contributed by atoms with van der Waals surface area (Å²) in [5.41, 5.74) is 13.4. The average molecular weight is 732 g/mol. The number of hydrogen-bond acceptors (Lipinski definition) is 5. The van der Waals surface area contributed by atoms with Crippen LogP contribution in [-0.4, -0.2) is 9.97 Å². The van der Waals surface area contributed by atoms with E-state index in [-0.39, 0.29) is 0 Å². The van der Waals surface area contributed by atoms with Gasteiger partial charge in [-0.1, -0.05) is 133 Å². The Hall–Kier alpha value is -7.76. The van der Waals surface area contributed by atoms with Crippen molar-refractivity contribution < 1.29 is 8.83 Å². The Morgan fingerprint density at radius 2 is 0.860 bits per heavy atom. The molecule has 0 radical (unpaired) electrons. The second-order valence-corrected chi connectivity index (χ2v) is 14.2. The zero-order valence-corrected chi connectivity index (χ0v) is 30.7. The predicted octanol–water partition coefficient (Wildman–Crippen LogP) is 14.4. The molecule has 5 nitrogen and oxygen atoms in total. The van der Waals surface area contributed by atoms with Crippen molar-refractivity contribution in [3.63, 3.8) is 0 Å². The largest absolute Gasteiger partial charge is 0.456 e. The molecule has 57 heavy (non-hydrogen) atoms. The first kappa shape index (κ1) is 32.7. The Kier molecular flexibility index (Phi) is 7.74. The number of furan rings is 2. The van der Waals surface area contributed by atoms with Crippen molar-refractivity contribution >= 4 is 60.9 Å². The van der Waals surface area contributed by atoms with Gasteiger partial charge in [0.25, 0.3) is 0 Å². The van der Waals surface area contributed by atoms with E-state index in [1.165, 1.54) is 5.56 Å².